The van der Waals surface area contributed by atoms with Crippen LogP contribution in [-0.2, 0) is 16.0 Å². The monoisotopic (exact) mass is 219 g/mol. The molecule has 0 fully saturated rings. The van der Waals surface area contributed by atoms with Gasteiger partial charge in [0.25, 0.3) is 0 Å². The zero-order chi connectivity index (χ0) is 11.4. The third kappa shape index (κ3) is 2.54. The van der Waals surface area contributed by atoms with Crippen LogP contribution in [0.1, 0.15) is 18.9 Å². The van der Waals surface area contributed by atoms with Gasteiger partial charge < -0.3 is 9.64 Å². The van der Waals surface area contributed by atoms with Gasteiger partial charge in [0.15, 0.2) is 0 Å². The molecule has 1 aliphatic heterocycles. The molecule has 0 radical (unpaired) electrons. The number of rotatable bonds is 3. The zero-order valence-corrected chi connectivity index (χ0v) is 9.61. The molecule has 0 unspecified atom stereocenters. The second kappa shape index (κ2) is 5.01. The molecule has 0 aliphatic carbocycles. The van der Waals surface area contributed by atoms with Crippen LogP contribution in [0.3, 0.4) is 0 Å². The predicted octanol–water partition coefficient (Wildman–Crippen LogP) is 2.00. The molecule has 86 valence electrons. The Morgan fingerprint density at radius 1 is 1.44 bits per heavy atom. The summed E-state index contributed by atoms with van der Waals surface area (Å²) in [6.07, 6.45) is 2.33. The van der Waals surface area contributed by atoms with E-state index in [0.717, 1.165) is 19.5 Å². The van der Waals surface area contributed by atoms with Crippen LogP contribution in [0.15, 0.2) is 24.3 Å². The van der Waals surface area contributed by atoms with Gasteiger partial charge in [-0.25, -0.2) is 0 Å². The molecule has 3 heteroatoms. The SMILES string of the molecule is CC(=O)OCCN1CCCc2ccccc21. The van der Waals surface area contributed by atoms with Crippen molar-refractivity contribution in [2.75, 3.05) is 24.6 Å². The fraction of sp³-hybridized carbons (Fsp3) is 0.462. The number of esters is 1. The van der Waals surface area contributed by atoms with Crippen molar-refractivity contribution in [2.24, 2.45) is 0 Å². The highest BCUT2D eigenvalue weighted by molar-refractivity contribution is 5.66. The summed E-state index contributed by atoms with van der Waals surface area (Å²) in [6.45, 7) is 3.77. The topological polar surface area (TPSA) is 29.5 Å². The van der Waals surface area contributed by atoms with Crippen LogP contribution in [0, 0.1) is 0 Å². The van der Waals surface area contributed by atoms with Crippen molar-refractivity contribution in [1.29, 1.82) is 0 Å². The molecule has 16 heavy (non-hydrogen) atoms. The second-order valence-corrected chi connectivity index (χ2v) is 4.06. The molecule has 0 saturated carbocycles. The molecule has 1 heterocycles. The number of anilines is 1. The Morgan fingerprint density at radius 2 is 2.25 bits per heavy atom. The van der Waals surface area contributed by atoms with Crippen LogP contribution in [0.4, 0.5) is 5.69 Å². The number of carbonyl (C=O) groups excluding carboxylic acids is 1. The lowest BCUT2D eigenvalue weighted by atomic mass is 10.0. The molecule has 0 aromatic heterocycles. The minimum atomic E-state index is -0.203. The largest absolute Gasteiger partial charge is 0.464 e. The fourth-order valence-electron chi connectivity index (χ4n) is 2.14. The van der Waals surface area contributed by atoms with E-state index in [-0.39, 0.29) is 5.97 Å². The molecule has 0 bridgehead atoms. The number of aryl methyl sites for hydroxylation is 1. The number of fused-ring (bicyclic) bond motifs is 1. The van der Waals surface area contributed by atoms with Gasteiger partial charge in [-0.15, -0.1) is 0 Å². The molecule has 0 saturated heterocycles. The third-order valence-corrected chi connectivity index (χ3v) is 2.87. The predicted molar refractivity (Wildman–Crippen MR) is 63.6 cm³/mol. The van der Waals surface area contributed by atoms with Crippen LogP contribution in [0.2, 0.25) is 0 Å². The van der Waals surface area contributed by atoms with E-state index < -0.39 is 0 Å². The third-order valence-electron chi connectivity index (χ3n) is 2.87. The maximum atomic E-state index is 10.7. The van der Waals surface area contributed by atoms with Crippen molar-refractivity contribution in [3.8, 4) is 0 Å². The van der Waals surface area contributed by atoms with E-state index in [1.165, 1.54) is 24.6 Å². The first-order valence-corrected chi connectivity index (χ1v) is 5.73. The zero-order valence-electron chi connectivity index (χ0n) is 9.61. The summed E-state index contributed by atoms with van der Waals surface area (Å²) < 4.78 is 4.98. The highest BCUT2D eigenvalue weighted by atomic mass is 16.5. The lowest BCUT2D eigenvalue weighted by Crippen LogP contribution is -2.32. The first kappa shape index (κ1) is 11.0. The standard InChI is InChI=1S/C13H17NO2/c1-11(15)16-10-9-14-8-4-6-12-5-2-3-7-13(12)14/h2-3,5,7H,4,6,8-10H2,1H3. The van der Waals surface area contributed by atoms with Gasteiger partial charge in [-0.2, -0.15) is 0 Å². The number of carbonyl (C=O) groups is 1. The summed E-state index contributed by atoms with van der Waals surface area (Å²) in [5.74, 6) is -0.203. The Bertz CT molecular complexity index is 376. The number of hydrogen-bond acceptors (Lipinski definition) is 3. The molecular weight excluding hydrogens is 202 g/mol. The maximum absolute atomic E-state index is 10.7. The highest BCUT2D eigenvalue weighted by Crippen LogP contribution is 2.26. The number of para-hydroxylation sites is 1. The molecular formula is C13H17NO2. The van der Waals surface area contributed by atoms with Crippen LogP contribution in [0.25, 0.3) is 0 Å². The minimum Gasteiger partial charge on any atom is -0.464 e. The van der Waals surface area contributed by atoms with Gasteiger partial charge in [-0.3, -0.25) is 4.79 Å². The minimum absolute atomic E-state index is 0.203. The van der Waals surface area contributed by atoms with Crippen LogP contribution in [0.5, 0.6) is 0 Å². The van der Waals surface area contributed by atoms with Crippen molar-refractivity contribution >= 4 is 11.7 Å². The average molecular weight is 219 g/mol. The Kier molecular flexibility index (Phi) is 3.44. The Morgan fingerprint density at radius 3 is 3.06 bits per heavy atom. The first-order valence-electron chi connectivity index (χ1n) is 5.73. The van der Waals surface area contributed by atoms with Gasteiger partial charge in [-0.1, -0.05) is 18.2 Å². The molecule has 2 rings (SSSR count). The van der Waals surface area contributed by atoms with E-state index in [1.807, 2.05) is 0 Å². The van der Waals surface area contributed by atoms with E-state index in [2.05, 4.69) is 29.2 Å². The van der Waals surface area contributed by atoms with Crippen LogP contribution in [-0.4, -0.2) is 25.7 Å². The maximum Gasteiger partial charge on any atom is 0.302 e. The Balaban J connectivity index is 1.99. The lowest BCUT2D eigenvalue weighted by Gasteiger charge is -2.30. The number of nitrogens with zero attached hydrogens (tertiary/aromatic N) is 1. The van der Waals surface area contributed by atoms with E-state index >= 15 is 0 Å². The molecule has 0 atom stereocenters. The fourth-order valence-corrected chi connectivity index (χ4v) is 2.14. The lowest BCUT2D eigenvalue weighted by molar-refractivity contribution is -0.140. The normalized spacial score (nSPS) is 14.4. The molecule has 1 aromatic rings. The van der Waals surface area contributed by atoms with Gasteiger partial charge in [0.05, 0.1) is 6.54 Å². The molecule has 0 spiro atoms. The summed E-state index contributed by atoms with van der Waals surface area (Å²) in [6, 6.07) is 8.45. The summed E-state index contributed by atoms with van der Waals surface area (Å²) in [5.41, 5.74) is 2.69. The van der Waals surface area contributed by atoms with Crippen molar-refractivity contribution in [3.05, 3.63) is 29.8 Å². The number of ether oxygens (including phenoxy) is 1. The molecule has 0 amide bonds. The summed E-state index contributed by atoms with van der Waals surface area (Å²) in [5, 5.41) is 0. The van der Waals surface area contributed by atoms with E-state index in [9.17, 15) is 4.79 Å². The molecule has 1 aromatic carbocycles. The summed E-state index contributed by atoms with van der Waals surface area (Å²) >= 11 is 0. The summed E-state index contributed by atoms with van der Waals surface area (Å²) in [4.78, 5) is 13.0. The van der Waals surface area contributed by atoms with Crippen molar-refractivity contribution in [1.82, 2.24) is 0 Å². The Hall–Kier alpha value is -1.51. The van der Waals surface area contributed by atoms with Crippen molar-refractivity contribution in [3.63, 3.8) is 0 Å². The smallest absolute Gasteiger partial charge is 0.302 e. The Labute approximate surface area is 96.0 Å². The second-order valence-electron chi connectivity index (χ2n) is 4.06. The van der Waals surface area contributed by atoms with Gasteiger partial charge in [0, 0.05) is 19.2 Å². The van der Waals surface area contributed by atoms with Crippen molar-refractivity contribution < 1.29 is 9.53 Å². The van der Waals surface area contributed by atoms with E-state index in [4.69, 9.17) is 4.74 Å². The van der Waals surface area contributed by atoms with Gasteiger partial charge in [-0.05, 0) is 24.5 Å². The molecule has 3 nitrogen and oxygen atoms in total. The molecule has 0 N–H and O–H groups in total. The summed E-state index contributed by atoms with van der Waals surface area (Å²) in [7, 11) is 0. The van der Waals surface area contributed by atoms with Crippen molar-refractivity contribution in [2.45, 2.75) is 19.8 Å². The van der Waals surface area contributed by atoms with E-state index in [1.54, 1.807) is 0 Å². The van der Waals surface area contributed by atoms with Crippen LogP contribution < -0.4 is 4.90 Å². The van der Waals surface area contributed by atoms with E-state index in [0.29, 0.717) is 6.61 Å². The quantitative estimate of drug-likeness (QED) is 0.728. The average Bonchev–Trinajstić information content (AvgIpc) is 2.29. The van der Waals surface area contributed by atoms with Crippen LogP contribution >= 0.6 is 0 Å². The van der Waals surface area contributed by atoms with Gasteiger partial charge >= 0.3 is 5.97 Å². The number of hydrogen-bond donors (Lipinski definition) is 0. The number of benzene rings is 1. The van der Waals surface area contributed by atoms with Gasteiger partial charge in [0.2, 0.25) is 0 Å². The molecule has 1 aliphatic rings. The van der Waals surface area contributed by atoms with Gasteiger partial charge in [0.1, 0.15) is 6.61 Å². The first-order chi connectivity index (χ1) is 7.77. The highest BCUT2D eigenvalue weighted by Gasteiger charge is 2.15.